The fraction of sp³-hybridized carbons (Fsp3) is 0.667. The van der Waals surface area contributed by atoms with Crippen LogP contribution in [-0.4, -0.2) is 35.5 Å². The first kappa shape index (κ1) is 8.72. The Morgan fingerprint density at radius 2 is 2.31 bits per heavy atom. The molecule has 13 heavy (non-hydrogen) atoms. The van der Waals surface area contributed by atoms with Crippen LogP contribution in [0.25, 0.3) is 0 Å². The van der Waals surface area contributed by atoms with E-state index in [2.05, 4.69) is 0 Å². The van der Waals surface area contributed by atoms with Crippen LogP contribution in [0, 0.1) is 5.92 Å². The summed E-state index contributed by atoms with van der Waals surface area (Å²) in [6, 6.07) is 0. The first-order chi connectivity index (χ1) is 6.24. The Bertz CT molecular complexity index is 269. The lowest BCUT2D eigenvalue weighted by atomic mass is 9.94. The molecule has 4 nitrogen and oxygen atoms in total. The van der Waals surface area contributed by atoms with E-state index in [1.165, 1.54) is 0 Å². The van der Waals surface area contributed by atoms with Crippen LogP contribution in [0.5, 0.6) is 0 Å². The van der Waals surface area contributed by atoms with Gasteiger partial charge in [-0.1, -0.05) is 0 Å². The lowest BCUT2D eigenvalue weighted by molar-refractivity contribution is -0.143. The molecule has 1 aliphatic carbocycles. The van der Waals surface area contributed by atoms with Crippen molar-refractivity contribution in [2.24, 2.45) is 5.92 Å². The molecule has 0 amide bonds. The van der Waals surface area contributed by atoms with Gasteiger partial charge in [0.05, 0.1) is 19.3 Å². The van der Waals surface area contributed by atoms with E-state index in [-0.39, 0.29) is 18.5 Å². The summed E-state index contributed by atoms with van der Waals surface area (Å²) >= 11 is 0. The summed E-state index contributed by atoms with van der Waals surface area (Å²) in [5.41, 5.74) is 1.16. The quantitative estimate of drug-likeness (QED) is 0.544. The molecule has 1 fully saturated rings. The van der Waals surface area contributed by atoms with Crippen molar-refractivity contribution < 1.29 is 19.7 Å². The van der Waals surface area contributed by atoms with Gasteiger partial charge in [0.15, 0.2) is 0 Å². The highest BCUT2D eigenvalue weighted by Gasteiger charge is 2.40. The minimum Gasteiger partial charge on any atom is -0.462 e. The Morgan fingerprint density at radius 1 is 1.54 bits per heavy atom. The minimum absolute atomic E-state index is 0.108. The Morgan fingerprint density at radius 3 is 3.00 bits per heavy atom. The third-order valence-corrected chi connectivity index (χ3v) is 2.74. The number of hydrogen-bond donors (Lipinski definition) is 2. The standard InChI is InChI=1S/C9H12O4/c10-4-5-3-7(11)6-1-2-13-9(12)8(5)6/h6-7,10-11H,1-4H2/t6-,7+/m0/s1. The van der Waals surface area contributed by atoms with E-state index >= 15 is 0 Å². The molecule has 1 saturated heterocycles. The van der Waals surface area contributed by atoms with Crippen molar-refractivity contribution in [3.63, 3.8) is 0 Å². The van der Waals surface area contributed by atoms with Crippen molar-refractivity contribution in [1.29, 1.82) is 0 Å². The highest BCUT2D eigenvalue weighted by molar-refractivity contribution is 5.91. The first-order valence-corrected chi connectivity index (χ1v) is 4.42. The van der Waals surface area contributed by atoms with Crippen LogP contribution in [0.2, 0.25) is 0 Å². The largest absolute Gasteiger partial charge is 0.462 e. The monoisotopic (exact) mass is 184 g/mol. The number of ether oxygens (including phenoxy) is 1. The van der Waals surface area contributed by atoms with Crippen molar-refractivity contribution in [3.8, 4) is 0 Å². The molecule has 2 rings (SSSR count). The second-order valence-corrected chi connectivity index (χ2v) is 3.48. The summed E-state index contributed by atoms with van der Waals surface area (Å²) < 4.78 is 4.85. The molecule has 1 aliphatic heterocycles. The number of aliphatic hydroxyl groups excluding tert-OH is 2. The number of rotatable bonds is 1. The summed E-state index contributed by atoms with van der Waals surface area (Å²) in [4.78, 5) is 11.3. The third-order valence-electron chi connectivity index (χ3n) is 2.74. The predicted octanol–water partition coefficient (Wildman–Crippen LogP) is -0.397. The number of fused-ring (bicyclic) bond motifs is 1. The van der Waals surface area contributed by atoms with E-state index < -0.39 is 6.10 Å². The van der Waals surface area contributed by atoms with Crippen LogP contribution in [0.4, 0.5) is 0 Å². The number of carbonyl (C=O) groups is 1. The zero-order valence-electron chi connectivity index (χ0n) is 7.19. The van der Waals surface area contributed by atoms with E-state index in [4.69, 9.17) is 9.84 Å². The average molecular weight is 184 g/mol. The molecule has 2 N–H and O–H groups in total. The number of hydrogen-bond acceptors (Lipinski definition) is 4. The topological polar surface area (TPSA) is 66.8 Å². The third kappa shape index (κ3) is 1.26. The summed E-state index contributed by atoms with van der Waals surface area (Å²) in [7, 11) is 0. The molecule has 0 aromatic rings. The van der Waals surface area contributed by atoms with Gasteiger partial charge in [-0.2, -0.15) is 0 Å². The molecule has 0 aromatic heterocycles. The Hall–Kier alpha value is -0.870. The summed E-state index contributed by atoms with van der Waals surface area (Å²) in [5.74, 6) is -0.472. The lowest BCUT2D eigenvalue weighted by Crippen LogP contribution is -2.28. The summed E-state index contributed by atoms with van der Waals surface area (Å²) in [5, 5.41) is 18.5. The number of aliphatic hydroxyl groups is 2. The van der Waals surface area contributed by atoms with Crippen molar-refractivity contribution in [2.75, 3.05) is 13.2 Å². The number of esters is 1. The predicted molar refractivity (Wildman–Crippen MR) is 43.8 cm³/mol. The van der Waals surface area contributed by atoms with Crippen LogP contribution in [0.3, 0.4) is 0 Å². The molecule has 72 valence electrons. The molecule has 4 heteroatoms. The van der Waals surface area contributed by atoms with Crippen molar-refractivity contribution in [2.45, 2.75) is 18.9 Å². The van der Waals surface area contributed by atoms with Gasteiger partial charge >= 0.3 is 5.97 Å². The molecule has 2 atom stereocenters. The lowest BCUT2D eigenvalue weighted by Gasteiger charge is -2.22. The molecule has 0 bridgehead atoms. The van der Waals surface area contributed by atoms with E-state index in [0.717, 1.165) is 0 Å². The van der Waals surface area contributed by atoms with Gasteiger partial charge in [-0.3, -0.25) is 0 Å². The Labute approximate surface area is 75.8 Å². The maximum Gasteiger partial charge on any atom is 0.334 e. The molecular weight excluding hydrogens is 172 g/mol. The smallest absolute Gasteiger partial charge is 0.334 e. The zero-order chi connectivity index (χ0) is 9.42. The molecule has 0 unspecified atom stereocenters. The maximum absolute atomic E-state index is 11.3. The van der Waals surface area contributed by atoms with Gasteiger partial charge in [0.2, 0.25) is 0 Å². The van der Waals surface area contributed by atoms with Crippen molar-refractivity contribution in [3.05, 3.63) is 11.1 Å². The zero-order valence-corrected chi connectivity index (χ0v) is 7.19. The van der Waals surface area contributed by atoms with Gasteiger partial charge in [0.25, 0.3) is 0 Å². The van der Waals surface area contributed by atoms with Crippen LogP contribution in [-0.2, 0) is 9.53 Å². The van der Waals surface area contributed by atoms with Crippen molar-refractivity contribution >= 4 is 5.97 Å². The van der Waals surface area contributed by atoms with Crippen LogP contribution < -0.4 is 0 Å². The second kappa shape index (κ2) is 3.12. The first-order valence-electron chi connectivity index (χ1n) is 4.42. The van der Waals surface area contributed by atoms with Gasteiger partial charge in [0, 0.05) is 11.5 Å². The molecule has 0 radical (unpaired) electrons. The van der Waals surface area contributed by atoms with E-state index in [1.807, 2.05) is 0 Å². The van der Waals surface area contributed by atoms with E-state index in [0.29, 0.717) is 30.6 Å². The fourth-order valence-corrected chi connectivity index (χ4v) is 2.10. The molecule has 2 aliphatic rings. The summed E-state index contributed by atoms with van der Waals surface area (Å²) in [6.45, 7) is 0.223. The Kier molecular flexibility index (Phi) is 2.09. The fourth-order valence-electron chi connectivity index (χ4n) is 2.10. The molecule has 0 aromatic carbocycles. The number of carbonyl (C=O) groups excluding carboxylic acids is 1. The maximum atomic E-state index is 11.3. The van der Waals surface area contributed by atoms with E-state index in [9.17, 15) is 9.90 Å². The second-order valence-electron chi connectivity index (χ2n) is 3.48. The highest BCUT2D eigenvalue weighted by atomic mass is 16.5. The van der Waals surface area contributed by atoms with Gasteiger partial charge in [-0.25, -0.2) is 4.79 Å². The molecule has 1 heterocycles. The molecule has 0 spiro atoms. The van der Waals surface area contributed by atoms with E-state index in [1.54, 1.807) is 0 Å². The minimum atomic E-state index is -0.509. The van der Waals surface area contributed by atoms with Crippen LogP contribution in [0.1, 0.15) is 12.8 Å². The van der Waals surface area contributed by atoms with Crippen LogP contribution in [0.15, 0.2) is 11.1 Å². The van der Waals surface area contributed by atoms with Gasteiger partial charge in [0.1, 0.15) is 0 Å². The van der Waals surface area contributed by atoms with Gasteiger partial charge in [-0.05, 0) is 18.4 Å². The van der Waals surface area contributed by atoms with Gasteiger partial charge in [-0.15, -0.1) is 0 Å². The molecule has 0 saturated carbocycles. The summed E-state index contributed by atoms with van der Waals surface area (Å²) in [6.07, 6.45) is 0.571. The Balaban J connectivity index is 2.32. The normalized spacial score (nSPS) is 33.2. The van der Waals surface area contributed by atoms with Crippen molar-refractivity contribution in [1.82, 2.24) is 0 Å². The molecular formula is C9H12O4. The SMILES string of the molecule is O=C1OCC[C@@H]2C1=C(CO)C[C@H]2O. The average Bonchev–Trinajstić information content (AvgIpc) is 2.45. The number of cyclic esters (lactones) is 1. The van der Waals surface area contributed by atoms with Gasteiger partial charge < -0.3 is 14.9 Å². The van der Waals surface area contributed by atoms with Crippen LogP contribution >= 0.6 is 0 Å². The highest BCUT2D eigenvalue weighted by Crippen LogP contribution is 2.37.